The average Bonchev–Trinajstić information content (AvgIpc) is 2.43. The number of piperazine rings is 1. The summed E-state index contributed by atoms with van der Waals surface area (Å²) < 4.78 is 0. The minimum absolute atomic E-state index is 0.00164. The van der Waals surface area contributed by atoms with Crippen LogP contribution in [0.5, 0.6) is 5.75 Å². The molecule has 5 heteroatoms. The van der Waals surface area contributed by atoms with E-state index in [1.165, 1.54) is 0 Å². The maximum atomic E-state index is 12.7. The third-order valence-corrected chi connectivity index (χ3v) is 4.76. The molecule has 2 aliphatic rings. The first-order valence-corrected chi connectivity index (χ1v) is 7.79. The second kappa shape index (κ2) is 5.00. The minimum atomic E-state index is -0.545. The molecule has 0 aromatic heterocycles. The number of benzene rings is 1. The van der Waals surface area contributed by atoms with Crippen molar-refractivity contribution in [3.05, 3.63) is 29.3 Å². The fraction of sp³-hybridized carbons (Fsp3) is 0.529. The van der Waals surface area contributed by atoms with Gasteiger partial charge in [0, 0.05) is 13.0 Å². The van der Waals surface area contributed by atoms with Crippen LogP contribution in [0.15, 0.2) is 18.2 Å². The summed E-state index contributed by atoms with van der Waals surface area (Å²) in [5.41, 5.74) is 1.41. The summed E-state index contributed by atoms with van der Waals surface area (Å²) in [5.74, 6) is 0.216. The van der Waals surface area contributed by atoms with E-state index in [1.807, 2.05) is 26.8 Å². The predicted octanol–water partition coefficient (Wildman–Crippen LogP) is 1.63. The van der Waals surface area contributed by atoms with Gasteiger partial charge in [-0.3, -0.25) is 9.59 Å². The molecule has 1 unspecified atom stereocenters. The number of nitrogens with zero attached hydrogens (tertiary/aromatic N) is 2. The van der Waals surface area contributed by atoms with Crippen molar-refractivity contribution < 1.29 is 14.7 Å². The Bertz CT molecular complexity index is 639. The van der Waals surface area contributed by atoms with E-state index in [4.69, 9.17) is 0 Å². The molecule has 1 aromatic rings. The average molecular weight is 302 g/mol. The molecule has 118 valence electrons. The minimum Gasteiger partial charge on any atom is -0.508 e. The summed E-state index contributed by atoms with van der Waals surface area (Å²) in [5, 5.41) is 9.73. The first-order chi connectivity index (χ1) is 10.4. The summed E-state index contributed by atoms with van der Waals surface area (Å²) >= 11 is 0. The van der Waals surface area contributed by atoms with Crippen molar-refractivity contribution in [2.24, 2.45) is 0 Å². The van der Waals surface area contributed by atoms with Crippen LogP contribution in [0.2, 0.25) is 0 Å². The van der Waals surface area contributed by atoms with Crippen LogP contribution in [-0.2, 0) is 21.5 Å². The lowest BCUT2D eigenvalue weighted by molar-refractivity contribution is -0.163. The molecule has 0 radical (unpaired) electrons. The third kappa shape index (κ3) is 2.07. The van der Waals surface area contributed by atoms with Crippen molar-refractivity contribution in [3.63, 3.8) is 0 Å². The maximum absolute atomic E-state index is 12.7. The molecular weight excluding hydrogens is 280 g/mol. The lowest BCUT2D eigenvalue weighted by Crippen LogP contribution is -2.67. The van der Waals surface area contributed by atoms with E-state index in [0.29, 0.717) is 13.0 Å². The lowest BCUT2D eigenvalue weighted by atomic mass is 9.78. The highest BCUT2D eigenvalue weighted by Gasteiger charge is 2.49. The molecule has 3 rings (SSSR count). The fourth-order valence-electron chi connectivity index (χ4n) is 3.84. The van der Waals surface area contributed by atoms with Crippen LogP contribution >= 0.6 is 0 Å². The first kappa shape index (κ1) is 14.9. The second-order valence-electron chi connectivity index (χ2n) is 6.64. The van der Waals surface area contributed by atoms with Crippen molar-refractivity contribution in [2.75, 3.05) is 13.1 Å². The molecule has 1 N–H and O–H groups in total. The molecule has 0 bridgehead atoms. The van der Waals surface area contributed by atoms with Crippen molar-refractivity contribution in [3.8, 4) is 5.75 Å². The van der Waals surface area contributed by atoms with E-state index in [2.05, 4.69) is 0 Å². The highest BCUT2D eigenvalue weighted by Crippen LogP contribution is 2.41. The number of rotatable bonds is 2. The monoisotopic (exact) mass is 302 g/mol. The Balaban J connectivity index is 2.06. The number of hydrogen-bond donors (Lipinski definition) is 1. The summed E-state index contributed by atoms with van der Waals surface area (Å²) in [6.45, 7) is 6.72. The quantitative estimate of drug-likeness (QED) is 0.903. The number of amides is 2. The largest absolute Gasteiger partial charge is 0.508 e. The summed E-state index contributed by atoms with van der Waals surface area (Å²) in [6, 6.07) is 4.75. The molecular formula is C17H22N2O3. The van der Waals surface area contributed by atoms with E-state index in [-0.39, 0.29) is 24.1 Å². The second-order valence-corrected chi connectivity index (χ2v) is 6.64. The van der Waals surface area contributed by atoms with Gasteiger partial charge in [0.2, 0.25) is 11.8 Å². The maximum Gasteiger partial charge on any atom is 0.246 e. The Morgan fingerprint density at radius 3 is 2.73 bits per heavy atom. The number of hydrogen-bond acceptors (Lipinski definition) is 3. The Hall–Kier alpha value is -2.04. The Labute approximate surface area is 130 Å². The Morgan fingerprint density at radius 1 is 1.32 bits per heavy atom. The van der Waals surface area contributed by atoms with Gasteiger partial charge in [-0.05, 0) is 43.5 Å². The van der Waals surface area contributed by atoms with Gasteiger partial charge in [0.1, 0.15) is 11.8 Å². The Morgan fingerprint density at radius 2 is 2.05 bits per heavy atom. The van der Waals surface area contributed by atoms with Gasteiger partial charge in [0.05, 0.1) is 12.1 Å². The van der Waals surface area contributed by atoms with Crippen LogP contribution in [0, 0.1) is 0 Å². The van der Waals surface area contributed by atoms with Gasteiger partial charge in [-0.25, -0.2) is 0 Å². The standard InChI is InChI=1S/C17H22N2O3/c1-4-7-18-10-15(21)19-14(16(18)22)9-11-8-12(20)5-6-13(11)17(19,2)3/h5-6,8,14,20H,4,7,9-10H2,1-3H3. The topological polar surface area (TPSA) is 60.9 Å². The molecule has 1 aromatic carbocycles. The van der Waals surface area contributed by atoms with Crippen LogP contribution in [0.1, 0.15) is 38.3 Å². The van der Waals surface area contributed by atoms with Gasteiger partial charge in [0.15, 0.2) is 0 Å². The van der Waals surface area contributed by atoms with E-state index < -0.39 is 11.6 Å². The van der Waals surface area contributed by atoms with Gasteiger partial charge in [-0.1, -0.05) is 13.0 Å². The van der Waals surface area contributed by atoms with Crippen molar-refractivity contribution in [2.45, 2.75) is 45.2 Å². The highest BCUT2D eigenvalue weighted by molar-refractivity contribution is 5.96. The predicted molar refractivity (Wildman–Crippen MR) is 82.3 cm³/mol. The van der Waals surface area contributed by atoms with Gasteiger partial charge < -0.3 is 14.9 Å². The molecule has 5 nitrogen and oxygen atoms in total. The molecule has 0 spiro atoms. The molecule has 2 amide bonds. The van der Waals surface area contributed by atoms with Gasteiger partial charge >= 0.3 is 0 Å². The summed E-state index contributed by atoms with van der Waals surface area (Å²) in [7, 11) is 0. The van der Waals surface area contributed by atoms with E-state index in [9.17, 15) is 14.7 Å². The van der Waals surface area contributed by atoms with Gasteiger partial charge in [-0.2, -0.15) is 0 Å². The zero-order valence-electron chi connectivity index (χ0n) is 13.3. The van der Waals surface area contributed by atoms with Crippen LogP contribution in [0.25, 0.3) is 0 Å². The van der Waals surface area contributed by atoms with Gasteiger partial charge in [-0.15, -0.1) is 0 Å². The zero-order chi connectivity index (χ0) is 16.1. The third-order valence-electron chi connectivity index (χ3n) is 4.76. The van der Waals surface area contributed by atoms with Crippen molar-refractivity contribution >= 4 is 11.8 Å². The highest BCUT2D eigenvalue weighted by atomic mass is 16.3. The number of phenols is 1. The van der Waals surface area contributed by atoms with E-state index in [0.717, 1.165) is 17.5 Å². The first-order valence-electron chi connectivity index (χ1n) is 7.79. The number of carbonyl (C=O) groups excluding carboxylic acids is 2. The van der Waals surface area contributed by atoms with Crippen molar-refractivity contribution in [1.29, 1.82) is 0 Å². The fourth-order valence-corrected chi connectivity index (χ4v) is 3.84. The molecule has 1 saturated heterocycles. The zero-order valence-corrected chi connectivity index (χ0v) is 13.3. The Kier molecular flexibility index (Phi) is 3.38. The molecule has 0 saturated carbocycles. The molecule has 2 heterocycles. The number of phenolic OH excluding ortho intramolecular Hbond substituents is 1. The van der Waals surface area contributed by atoms with Crippen molar-refractivity contribution in [1.82, 2.24) is 9.80 Å². The van der Waals surface area contributed by atoms with Crippen LogP contribution in [-0.4, -0.2) is 45.9 Å². The number of fused-ring (bicyclic) bond motifs is 2. The summed E-state index contributed by atoms with van der Waals surface area (Å²) in [4.78, 5) is 28.8. The normalized spacial score (nSPS) is 23.3. The smallest absolute Gasteiger partial charge is 0.246 e. The summed E-state index contributed by atoms with van der Waals surface area (Å²) in [6.07, 6.45) is 1.31. The molecule has 2 aliphatic heterocycles. The van der Waals surface area contributed by atoms with Gasteiger partial charge in [0.25, 0.3) is 0 Å². The molecule has 0 aliphatic carbocycles. The van der Waals surface area contributed by atoms with Crippen LogP contribution < -0.4 is 0 Å². The number of aromatic hydroxyl groups is 1. The SMILES string of the molecule is CCCN1CC(=O)N2C(Cc3cc(O)ccc3C2(C)C)C1=O. The van der Waals surface area contributed by atoms with E-state index >= 15 is 0 Å². The molecule has 1 atom stereocenters. The van der Waals surface area contributed by atoms with Crippen LogP contribution in [0.4, 0.5) is 0 Å². The number of carbonyl (C=O) groups is 2. The molecule has 22 heavy (non-hydrogen) atoms. The molecule has 1 fully saturated rings. The lowest BCUT2D eigenvalue weighted by Gasteiger charge is -2.52. The van der Waals surface area contributed by atoms with E-state index in [1.54, 1.807) is 21.9 Å². The van der Waals surface area contributed by atoms with Crippen LogP contribution in [0.3, 0.4) is 0 Å².